The number of hydrogen-bond acceptors (Lipinski definition) is 4. The minimum atomic E-state index is -0.406. The van der Waals surface area contributed by atoms with Crippen molar-refractivity contribution in [3.63, 3.8) is 0 Å². The number of nitrogens with one attached hydrogen (secondary N) is 1. The summed E-state index contributed by atoms with van der Waals surface area (Å²) in [5.41, 5.74) is 2.69. The number of nitrogens with zero attached hydrogens (tertiary/aromatic N) is 1. The van der Waals surface area contributed by atoms with E-state index in [1.807, 2.05) is 43.3 Å². The minimum Gasteiger partial charge on any atom is -0.490 e. The third-order valence-electron chi connectivity index (χ3n) is 5.17. The number of nitriles is 1. The number of halogens is 3. The molecule has 8 heteroatoms. The van der Waals surface area contributed by atoms with Gasteiger partial charge in [-0.2, -0.15) is 5.26 Å². The lowest BCUT2D eigenvalue weighted by molar-refractivity contribution is -0.117. The molecule has 36 heavy (non-hydrogen) atoms. The van der Waals surface area contributed by atoms with Gasteiger partial charge in [0.15, 0.2) is 11.5 Å². The maximum Gasteiger partial charge on any atom is 0.261 e. The van der Waals surface area contributed by atoms with Gasteiger partial charge in [0.25, 0.3) is 5.91 Å². The molecule has 0 unspecified atom stereocenters. The molecule has 3 aromatic rings. The van der Waals surface area contributed by atoms with Gasteiger partial charge in [0.2, 0.25) is 0 Å². The topological polar surface area (TPSA) is 71.3 Å². The second-order valence-electron chi connectivity index (χ2n) is 7.80. The number of rotatable bonds is 11. The fraction of sp³-hybridized carbons (Fsp3) is 0.214. The Labute approximate surface area is 235 Å². The molecule has 0 aliphatic rings. The fourth-order valence-electron chi connectivity index (χ4n) is 3.41. The lowest BCUT2D eigenvalue weighted by Gasteiger charge is -2.15. The fourth-order valence-corrected chi connectivity index (χ4v) is 4.66. The van der Waals surface area contributed by atoms with Crippen LogP contribution in [-0.4, -0.2) is 19.1 Å². The predicted molar refractivity (Wildman–Crippen MR) is 152 cm³/mol. The van der Waals surface area contributed by atoms with Gasteiger partial charge in [-0.15, -0.1) is 0 Å². The van der Waals surface area contributed by atoms with E-state index in [1.165, 1.54) is 5.56 Å². The van der Waals surface area contributed by atoms with Crippen molar-refractivity contribution in [3.05, 3.63) is 96.5 Å². The van der Waals surface area contributed by atoms with Crippen molar-refractivity contribution in [2.45, 2.75) is 26.4 Å². The summed E-state index contributed by atoms with van der Waals surface area (Å²) in [6.45, 7) is 3.01. The van der Waals surface area contributed by atoms with Crippen LogP contribution in [0, 0.1) is 14.9 Å². The van der Waals surface area contributed by atoms with E-state index in [0.29, 0.717) is 40.3 Å². The van der Waals surface area contributed by atoms with Gasteiger partial charge in [-0.05, 0) is 83.8 Å². The summed E-state index contributed by atoms with van der Waals surface area (Å²) in [4.78, 5) is 12.6. The normalized spacial score (nSPS) is 11.0. The van der Waals surface area contributed by atoms with Gasteiger partial charge in [0.1, 0.15) is 18.2 Å². The molecule has 1 N–H and O–H groups in total. The number of aryl methyl sites for hydroxylation is 1. The van der Waals surface area contributed by atoms with Crippen LogP contribution in [0.5, 0.6) is 11.5 Å². The highest BCUT2D eigenvalue weighted by Crippen LogP contribution is 2.36. The predicted octanol–water partition coefficient (Wildman–Crippen LogP) is 7.23. The average Bonchev–Trinajstić information content (AvgIpc) is 2.86. The molecule has 0 spiro atoms. The van der Waals surface area contributed by atoms with Crippen LogP contribution in [0.2, 0.25) is 10.0 Å². The smallest absolute Gasteiger partial charge is 0.261 e. The minimum absolute atomic E-state index is 0.0228. The lowest BCUT2D eigenvalue weighted by Crippen LogP contribution is -2.25. The first-order valence-corrected chi connectivity index (χ1v) is 13.2. The Kier molecular flexibility index (Phi) is 10.9. The quantitative estimate of drug-likeness (QED) is 0.105. The third-order valence-corrected chi connectivity index (χ3v) is 6.55. The summed E-state index contributed by atoms with van der Waals surface area (Å²) in [5, 5.41) is 13.5. The number of carbonyl (C=O) groups excluding carboxylic acids is 1. The van der Waals surface area contributed by atoms with E-state index in [9.17, 15) is 10.1 Å². The highest BCUT2D eigenvalue weighted by atomic mass is 127. The molecule has 0 bridgehead atoms. The molecule has 0 radical (unpaired) electrons. The van der Waals surface area contributed by atoms with Gasteiger partial charge in [-0.1, -0.05) is 59.6 Å². The molecule has 0 atom stereocenters. The van der Waals surface area contributed by atoms with E-state index >= 15 is 0 Å². The van der Waals surface area contributed by atoms with Crippen LogP contribution in [0.1, 0.15) is 30.0 Å². The highest BCUT2D eigenvalue weighted by Gasteiger charge is 2.15. The zero-order valence-electron chi connectivity index (χ0n) is 19.7. The summed E-state index contributed by atoms with van der Waals surface area (Å²) in [6.07, 6.45) is 3.19. The number of ether oxygens (including phenoxy) is 2. The first-order valence-electron chi connectivity index (χ1n) is 11.4. The summed E-state index contributed by atoms with van der Waals surface area (Å²) in [6, 6.07) is 20.9. The largest absolute Gasteiger partial charge is 0.490 e. The molecule has 3 rings (SSSR count). The third kappa shape index (κ3) is 8.16. The summed E-state index contributed by atoms with van der Waals surface area (Å²) < 4.78 is 12.6. The van der Waals surface area contributed by atoms with Crippen molar-refractivity contribution >= 4 is 57.8 Å². The maximum absolute atomic E-state index is 12.6. The van der Waals surface area contributed by atoms with Gasteiger partial charge in [-0.3, -0.25) is 4.79 Å². The Morgan fingerprint density at radius 2 is 1.89 bits per heavy atom. The van der Waals surface area contributed by atoms with E-state index in [4.69, 9.17) is 32.7 Å². The highest BCUT2D eigenvalue weighted by molar-refractivity contribution is 14.1. The molecule has 0 saturated heterocycles. The van der Waals surface area contributed by atoms with Gasteiger partial charge < -0.3 is 14.8 Å². The van der Waals surface area contributed by atoms with E-state index in [2.05, 4.69) is 40.0 Å². The van der Waals surface area contributed by atoms with Crippen LogP contribution in [-0.2, 0) is 17.8 Å². The van der Waals surface area contributed by atoms with E-state index < -0.39 is 5.91 Å². The van der Waals surface area contributed by atoms with E-state index in [1.54, 1.807) is 24.3 Å². The van der Waals surface area contributed by atoms with Crippen LogP contribution >= 0.6 is 45.8 Å². The van der Waals surface area contributed by atoms with Crippen molar-refractivity contribution in [3.8, 4) is 17.6 Å². The van der Waals surface area contributed by atoms with Crippen LogP contribution in [0.25, 0.3) is 6.08 Å². The summed E-state index contributed by atoms with van der Waals surface area (Å²) >= 11 is 14.4. The SMILES string of the molecule is CCOc1cc(/C=C(/C#N)C(=O)NCCCc2ccccc2)cc(I)c1OCc1ccc(Cl)cc1Cl. The first-order chi connectivity index (χ1) is 17.4. The first kappa shape index (κ1) is 27.9. The van der Waals surface area contributed by atoms with E-state index in [-0.39, 0.29) is 12.2 Å². The van der Waals surface area contributed by atoms with Crippen molar-refractivity contribution in [2.75, 3.05) is 13.2 Å². The molecule has 5 nitrogen and oxygen atoms in total. The molecule has 3 aromatic carbocycles. The molecule has 0 aliphatic carbocycles. The van der Waals surface area contributed by atoms with Crippen LogP contribution in [0.3, 0.4) is 0 Å². The van der Waals surface area contributed by atoms with Crippen molar-refractivity contribution in [2.24, 2.45) is 0 Å². The Morgan fingerprint density at radius 3 is 2.58 bits per heavy atom. The molecular weight excluding hydrogens is 610 g/mol. The second-order valence-corrected chi connectivity index (χ2v) is 9.81. The van der Waals surface area contributed by atoms with Gasteiger partial charge in [0.05, 0.1) is 10.2 Å². The molecule has 0 heterocycles. The van der Waals surface area contributed by atoms with Crippen LogP contribution in [0.4, 0.5) is 0 Å². The molecule has 186 valence electrons. The van der Waals surface area contributed by atoms with Gasteiger partial charge >= 0.3 is 0 Å². The zero-order valence-corrected chi connectivity index (χ0v) is 23.4. The summed E-state index contributed by atoms with van der Waals surface area (Å²) in [7, 11) is 0. The average molecular weight is 635 g/mol. The van der Waals surface area contributed by atoms with Gasteiger partial charge in [-0.25, -0.2) is 0 Å². The van der Waals surface area contributed by atoms with Gasteiger partial charge in [0, 0.05) is 22.2 Å². The van der Waals surface area contributed by atoms with Crippen LogP contribution < -0.4 is 14.8 Å². The second kappa shape index (κ2) is 14.1. The lowest BCUT2D eigenvalue weighted by atomic mass is 10.1. The standard InChI is InChI=1S/C28H25Cl2IN2O3/c1-2-35-26-15-20(14-25(31)27(26)36-18-21-10-11-23(29)16-24(21)30)13-22(17-32)28(34)33-12-6-9-19-7-4-3-5-8-19/h3-5,7-8,10-11,13-16H,2,6,9,12,18H2,1H3,(H,33,34)/b22-13-. The van der Waals surface area contributed by atoms with Crippen molar-refractivity contribution in [1.29, 1.82) is 5.26 Å². The molecule has 0 saturated carbocycles. The zero-order chi connectivity index (χ0) is 25.9. The Hall–Kier alpha value is -2.73. The molecular formula is C28H25Cl2IN2O3. The Bertz CT molecular complexity index is 1270. The Balaban J connectivity index is 1.70. The monoisotopic (exact) mass is 634 g/mol. The molecule has 0 fully saturated rings. The van der Waals surface area contributed by atoms with Crippen LogP contribution in [0.15, 0.2) is 66.2 Å². The van der Waals surface area contributed by atoms with E-state index in [0.717, 1.165) is 22.0 Å². The molecule has 1 amide bonds. The molecule has 0 aliphatic heterocycles. The number of benzene rings is 3. The maximum atomic E-state index is 12.6. The Morgan fingerprint density at radius 1 is 1.11 bits per heavy atom. The number of hydrogen-bond donors (Lipinski definition) is 1. The van der Waals surface area contributed by atoms with Crippen molar-refractivity contribution in [1.82, 2.24) is 5.32 Å². The van der Waals surface area contributed by atoms with Crippen molar-refractivity contribution < 1.29 is 14.3 Å². The number of carbonyl (C=O) groups is 1. The number of amides is 1. The molecule has 0 aromatic heterocycles. The summed E-state index contributed by atoms with van der Waals surface area (Å²) in [5.74, 6) is 0.669.